The lowest BCUT2D eigenvalue weighted by molar-refractivity contribution is -0.275. The Morgan fingerprint density at radius 3 is 2.44 bits per heavy atom. The van der Waals surface area contributed by atoms with E-state index < -0.39 is 18.0 Å². The molecular weight excluding hydrogens is 546 g/mol. The molecule has 0 aliphatic carbocycles. The van der Waals surface area contributed by atoms with Gasteiger partial charge in [-0.2, -0.15) is 0 Å². The number of halogens is 1. The molecule has 2 aromatic carbocycles. The molecule has 1 aromatic heterocycles. The molecule has 41 heavy (non-hydrogen) atoms. The zero-order chi connectivity index (χ0) is 29.2. The van der Waals surface area contributed by atoms with Crippen molar-refractivity contribution >= 4 is 51.3 Å². The van der Waals surface area contributed by atoms with Gasteiger partial charge in [-0.25, -0.2) is 14.6 Å². The molecule has 3 aromatic rings. The van der Waals surface area contributed by atoms with Gasteiger partial charge in [0, 0.05) is 41.7 Å². The molecule has 10 nitrogen and oxygen atoms in total. The van der Waals surface area contributed by atoms with E-state index in [0.29, 0.717) is 25.8 Å². The molecule has 4 rings (SSSR count). The second kappa shape index (κ2) is 15.0. The summed E-state index contributed by atoms with van der Waals surface area (Å²) in [7, 11) is 1.42. The van der Waals surface area contributed by atoms with Crippen molar-refractivity contribution in [2.75, 3.05) is 20.3 Å². The van der Waals surface area contributed by atoms with E-state index >= 15 is 0 Å². The lowest BCUT2D eigenvalue weighted by Crippen LogP contribution is -2.55. The van der Waals surface area contributed by atoms with Crippen molar-refractivity contribution in [3.8, 4) is 0 Å². The van der Waals surface area contributed by atoms with E-state index in [1.165, 1.54) is 14.0 Å². The molecule has 1 aliphatic rings. The fourth-order valence-electron chi connectivity index (χ4n) is 5.12. The molecule has 2 heterocycles. The second-order valence-electron chi connectivity index (χ2n) is 10.4. The van der Waals surface area contributed by atoms with Gasteiger partial charge in [0.1, 0.15) is 18.7 Å². The quantitative estimate of drug-likeness (QED) is 0.0863. The van der Waals surface area contributed by atoms with E-state index in [1.807, 2.05) is 18.2 Å². The molecule has 11 heteroatoms. The summed E-state index contributed by atoms with van der Waals surface area (Å²) in [6.07, 6.45) is 7.38. The van der Waals surface area contributed by atoms with Gasteiger partial charge in [0.05, 0.1) is 13.2 Å². The molecule has 4 bridgehead atoms. The van der Waals surface area contributed by atoms with Gasteiger partial charge < -0.3 is 20.9 Å². The summed E-state index contributed by atoms with van der Waals surface area (Å²) in [5.74, 6) is -1.09. The second-order valence-corrected chi connectivity index (χ2v) is 10.6. The first-order chi connectivity index (χ1) is 19.9. The van der Waals surface area contributed by atoms with Crippen LogP contribution in [0, 0.1) is 0 Å². The van der Waals surface area contributed by atoms with E-state index in [9.17, 15) is 14.4 Å². The first-order valence-corrected chi connectivity index (χ1v) is 14.3. The Hall–Kier alpha value is -3.44. The number of amides is 3. The molecule has 5 N–H and O–H groups in total. The Morgan fingerprint density at radius 2 is 1.73 bits per heavy atom. The highest BCUT2D eigenvalue weighted by molar-refractivity contribution is 6.13. The van der Waals surface area contributed by atoms with Gasteiger partial charge >= 0.3 is 0 Å². The van der Waals surface area contributed by atoms with Crippen LogP contribution >= 0.6 is 11.8 Å². The van der Waals surface area contributed by atoms with Gasteiger partial charge in [-0.15, -0.1) is 0 Å². The van der Waals surface area contributed by atoms with Crippen molar-refractivity contribution in [2.45, 2.75) is 63.6 Å². The van der Waals surface area contributed by atoms with E-state index in [4.69, 9.17) is 21.6 Å². The van der Waals surface area contributed by atoms with Crippen LogP contribution in [0.25, 0.3) is 21.8 Å². The highest BCUT2D eigenvalue weighted by Gasteiger charge is 2.28. The van der Waals surface area contributed by atoms with Gasteiger partial charge in [-0.1, -0.05) is 24.3 Å². The molecule has 0 fully saturated rings. The SMILES string of the molecule is COOC[C@@H]1CC=CCc2ccc3[nH]c4ccc(cc4c3c2)CC(NC(C)=O)C(=O)N[C@@H](CCCCNCl)C(=O)N1. The average molecular weight is 584 g/mol. The van der Waals surface area contributed by atoms with E-state index in [1.54, 1.807) is 0 Å². The van der Waals surface area contributed by atoms with Crippen LogP contribution in [0.4, 0.5) is 0 Å². The minimum atomic E-state index is -0.861. The molecular formula is C30H38ClN5O5. The fraction of sp³-hybridized carbons (Fsp3) is 0.433. The van der Waals surface area contributed by atoms with Crippen molar-refractivity contribution in [3.63, 3.8) is 0 Å². The summed E-state index contributed by atoms with van der Waals surface area (Å²) in [6, 6.07) is 10.3. The molecule has 0 saturated heterocycles. The number of rotatable bonds is 9. The number of aromatic amines is 1. The first-order valence-electron chi connectivity index (χ1n) is 13.9. The lowest BCUT2D eigenvalue weighted by atomic mass is 10.00. The maximum absolute atomic E-state index is 13.5. The van der Waals surface area contributed by atoms with Crippen molar-refractivity contribution in [1.82, 2.24) is 25.8 Å². The van der Waals surface area contributed by atoms with Crippen LogP contribution in [0.5, 0.6) is 0 Å². The highest BCUT2D eigenvalue weighted by Crippen LogP contribution is 2.28. The van der Waals surface area contributed by atoms with Crippen molar-refractivity contribution in [1.29, 1.82) is 0 Å². The Balaban J connectivity index is 1.70. The fourth-order valence-corrected chi connectivity index (χ4v) is 5.25. The molecule has 220 valence electrons. The number of carbonyl (C=O) groups excluding carboxylic acids is 3. The molecule has 0 spiro atoms. The number of carbonyl (C=O) groups is 3. The lowest BCUT2D eigenvalue weighted by Gasteiger charge is -2.25. The summed E-state index contributed by atoms with van der Waals surface area (Å²) in [4.78, 5) is 55.1. The van der Waals surface area contributed by atoms with Crippen molar-refractivity contribution < 1.29 is 24.2 Å². The minimum absolute atomic E-state index is 0.139. The molecule has 3 amide bonds. The molecule has 0 radical (unpaired) electrons. The number of hydrogen-bond acceptors (Lipinski definition) is 6. The Kier molecular flexibility index (Phi) is 11.1. The van der Waals surface area contributed by atoms with E-state index in [0.717, 1.165) is 45.8 Å². The predicted octanol–water partition coefficient (Wildman–Crippen LogP) is 3.33. The zero-order valence-corrected chi connectivity index (χ0v) is 24.2. The van der Waals surface area contributed by atoms with E-state index in [2.05, 4.69) is 56.1 Å². The number of unbranched alkanes of at least 4 members (excludes halogenated alkanes) is 1. The first kappa shape index (κ1) is 30.5. The summed E-state index contributed by atoms with van der Waals surface area (Å²) in [5.41, 5.74) is 4.07. The number of nitrogens with one attached hydrogen (secondary N) is 5. The van der Waals surface area contributed by atoms with Gasteiger partial charge in [0.2, 0.25) is 17.7 Å². The summed E-state index contributed by atoms with van der Waals surface area (Å²) in [6.45, 7) is 2.09. The standard InChI is InChI=1S/C30H38ClN5O5/c1-19(37)33-28-17-21-11-13-26-24(16-21)23-15-20(10-12-25(23)35-26)7-3-4-8-22(18-41-40-2)34-29(38)27(36-30(28)39)9-5-6-14-32-31/h3-4,10-13,15-16,22,27-28,32,35H,5-9,14,17-18H2,1-2H3,(H,33,37)(H,34,38)(H,36,39)/t22-,27-,28?/m0/s1. The summed E-state index contributed by atoms with van der Waals surface area (Å²) in [5, 5.41) is 10.8. The van der Waals surface area contributed by atoms with Gasteiger partial charge in [0.25, 0.3) is 0 Å². The average Bonchev–Trinajstić information content (AvgIpc) is 3.31. The highest BCUT2D eigenvalue weighted by atomic mass is 35.5. The maximum Gasteiger partial charge on any atom is 0.243 e. The van der Waals surface area contributed by atoms with Crippen LogP contribution in [0.2, 0.25) is 0 Å². The van der Waals surface area contributed by atoms with Gasteiger partial charge in [-0.05, 0) is 79.3 Å². The minimum Gasteiger partial charge on any atom is -0.355 e. The van der Waals surface area contributed by atoms with Crippen molar-refractivity contribution in [3.05, 3.63) is 59.7 Å². The van der Waals surface area contributed by atoms with Crippen LogP contribution in [-0.2, 0) is 37.0 Å². The largest absolute Gasteiger partial charge is 0.355 e. The molecule has 0 saturated carbocycles. The van der Waals surface area contributed by atoms with Crippen LogP contribution in [0.1, 0.15) is 43.7 Å². The number of benzene rings is 2. The van der Waals surface area contributed by atoms with Crippen molar-refractivity contribution in [2.24, 2.45) is 0 Å². The Labute approximate surface area is 244 Å². The van der Waals surface area contributed by atoms with Crippen LogP contribution < -0.4 is 20.8 Å². The summed E-state index contributed by atoms with van der Waals surface area (Å²) < 4.78 is 0. The molecule has 1 unspecified atom stereocenters. The zero-order valence-electron chi connectivity index (χ0n) is 23.4. The van der Waals surface area contributed by atoms with Gasteiger partial charge in [0.15, 0.2) is 0 Å². The third-order valence-corrected chi connectivity index (χ3v) is 7.37. The molecule has 1 aliphatic heterocycles. The monoisotopic (exact) mass is 583 g/mol. The van der Waals surface area contributed by atoms with Crippen LogP contribution in [0.3, 0.4) is 0 Å². The number of H-pyrrole nitrogens is 1. The topological polar surface area (TPSA) is 134 Å². The smallest absolute Gasteiger partial charge is 0.243 e. The Bertz CT molecular complexity index is 1390. The van der Waals surface area contributed by atoms with Crippen LogP contribution in [-0.4, -0.2) is 61.1 Å². The van der Waals surface area contributed by atoms with Crippen LogP contribution in [0.15, 0.2) is 48.6 Å². The van der Waals surface area contributed by atoms with Gasteiger partial charge in [-0.3, -0.25) is 14.4 Å². The third-order valence-electron chi connectivity index (χ3n) is 7.18. The summed E-state index contributed by atoms with van der Waals surface area (Å²) >= 11 is 5.59. The number of aromatic nitrogens is 1. The number of allylic oxidation sites excluding steroid dienone is 1. The number of fused-ring (bicyclic) bond motifs is 2. The predicted molar refractivity (Wildman–Crippen MR) is 159 cm³/mol. The van der Waals surface area contributed by atoms with E-state index in [-0.39, 0.29) is 30.9 Å². The number of hydrogen-bond donors (Lipinski definition) is 5. The third kappa shape index (κ3) is 8.53. The maximum atomic E-state index is 13.5. The normalized spacial score (nSPS) is 20.3. The Morgan fingerprint density at radius 1 is 1.00 bits per heavy atom. The molecule has 3 atom stereocenters.